The van der Waals surface area contributed by atoms with Crippen LogP contribution < -0.4 is 5.32 Å². The van der Waals surface area contributed by atoms with E-state index in [4.69, 9.17) is 0 Å². The molecule has 2 nitrogen and oxygen atoms in total. The van der Waals surface area contributed by atoms with Crippen LogP contribution in [0.1, 0.15) is 37.4 Å². The molecule has 1 amide bonds. The highest BCUT2D eigenvalue weighted by molar-refractivity contribution is 5.78. The Morgan fingerprint density at radius 1 is 1.50 bits per heavy atom. The summed E-state index contributed by atoms with van der Waals surface area (Å²) in [5, 5.41) is 2.96. The summed E-state index contributed by atoms with van der Waals surface area (Å²) in [6.07, 6.45) is 1.51. The monoisotopic (exact) mass is 221 g/mol. The first-order valence-corrected chi connectivity index (χ1v) is 5.67. The third-order valence-electron chi connectivity index (χ3n) is 3.05. The Hall–Kier alpha value is -1.38. The standard InChI is InChI=1S/C13H16FNO/c1-8(2)13(16)15-12-7-6-9-10(12)4-3-5-11(9)14/h3-5,8,12H,6-7H2,1-2H3,(H,15,16). The molecular weight excluding hydrogens is 205 g/mol. The molecule has 0 heterocycles. The van der Waals surface area contributed by atoms with Crippen LogP contribution in [0.4, 0.5) is 4.39 Å². The normalized spacial score (nSPS) is 18.6. The first kappa shape index (κ1) is 11.1. The third-order valence-corrected chi connectivity index (χ3v) is 3.05. The van der Waals surface area contributed by atoms with E-state index in [-0.39, 0.29) is 23.7 Å². The molecule has 3 heteroatoms. The molecule has 1 aromatic rings. The molecule has 1 N–H and O–H groups in total. The van der Waals surface area contributed by atoms with Gasteiger partial charge in [0.2, 0.25) is 5.91 Å². The van der Waals surface area contributed by atoms with Crippen molar-refractivity contribution in [2.75, 3.05) is 0 Å². The summed E-state index contributed by atoms with van der Waals surface area (Å²) in [5.41, 5.74) is 1.70. The van der Waals surface area contributed by atoms with Gasteiger partial charge in [-0.2, -0.15) is 0 Å². The predicted molar refractivity (Wildman–Crippen MR) is 60.4 cm³/mol. The van der Waals surface area contributed by atoms with Gasteiger partial charge in [0.1, 0.15) is 5.82 Å². The molecule has 2 rings (SSSR count). The maximum absolute atomic E-state index is 13.4. The highest BCUT2D eigenvalue weighted by atomic mass is 19.1. The van der Waals surface area contributed by atoms with E-state index in [9.17, 15) is 9.18 Å². The number of amides is 1. The van der Waals surface area contributed by atoms with Gasteiger partial charge < -0.3 is 5.32 Å². The average Bonchev–Trinajstić information content (AvgIpc) is 2.63. The fourth-order valence-electron chi connectivity index (χ4n) is 2.10. The molecule has 1 unspecified atom stereocenters. The Morgan fingerprint density at radius 3 is 2.94 bits per heavy atom. The molecule has 0 radical (unpaired) electrons. The van der Waals surface area contributed by atoms with Crippen molar-refractivity contribution in [3.63, 3.8) is 0 Å². The minimum atomic E-state index is -0.154. The van der Waals surface area contributed by atoms with Crippen LogP contribution in [0.15, 0.2) is 18.2 Å². The number of halogens is 1. The minimum Gasteiger partial charge on any atom is -0.349 e. The number of carbonyl (C=O) groups is 1. The number of nitrogens with one attached hydrogen (secondary N) is 1. The van der Waals surface area contributed by atoms with Gasteiger partial charge >= 0.3 is 0 Å². The quantitative estimate of drug-likeness (QED) is 0.817. The number of hydrogen-bond acceptors (Lipinski definition) is 1. The second-order valence-corrected chi connectivity index (χ2v) is 4.56. The summed E-state index contributed by atoms with van der Waals surface area (Å²) in [4.78, 5) is 11.6. The fourth-order valence-corrected chi connectivity index (χ4v) is 2.10. The van der Waals surface area contributed by atoms with Crippen molar-refractivity contribution in [3.8, 4) is 0 Å². The van der Waals surface area contributed by atoms with Crippen molar-refractivity contribution in [1.82, 2.24) is 5.32 Å². The predicted octanol–water partition coefficient (Wildman–Crippen LogP) is 2.59. The van der Waals surface area contributed by atoms with Crippen LogP contribution in [0.2, 0.25) is 0 Å². The lowest BCUT2D eigenvalue weighted by Gasteiger charge is -2.15. The molecule has 0 fully saturated rings. The molecule has 86 valence electrons. The van der Waals surface area contributed by atoms with Crippen molar-refractivity contribution in [1.29, 1.82) is 0 Å². The zero-order valence-corrected chi connectivity index (χ0v) is 9.59. The molecule has 0 saturated heterocycles. The van der Waals surface area contributed by atoms with E-state index in [1.54, 1.807) is 6.07 Å². The lowest BCUT2D eigenvalue weighted by atomic mass is 10.1. The van der Waals surface area contributed by atoms with Crippen molar-refractivity contribution in [3.05, 3.63) is 35.1 Å². The first-order chi connectivity index (χ1) is 7.59. The fraction of sp³-hybridized carbons (Fsp3) is 0.462. The van der Waals surface area contributed by atoms with Gasteiger partial charge in [-0.05, 0) is 30.0 Å². The highest BCUT2D eigenvalue weighted by Gasteiger charge is 2.26. The van der Waals surface area contributed by atoms with E-state index < -0.39 is 0 Å². The van der Waals surface area contributed by atoms with Crippen molar-refractivity contribution < 1.29 is 9.18 Å². The average molecular weight is 221 g/mol. The smallest absolute Gasteiger partial charge is 0.223 e. The van der Waals surface area contributed by atoms with Crippen LogP contribution in [0.25, 0.3) is 0 Å². The van der Waals surface area contributed by atoms with E-state index in [2.05, 4.69) is 5.32 Å². The van der Waals surface area contributed by atoms with Crippen LogP contribution in [0.3, 0.4) is 0 Å². The molecule has 16 heavy (non-hydrogen) atoms. The summed E-state index contributed by atoms with van der Waals surface area (Å²) >= 11 is 0. The molecule has 1 aromatic carbocycles. The second-order valence-electron chi connectivity index (χ2n) is 4.56. The number of rotatable bonds is 2. The third kappa shape index (κ3) is 1.94. The maximum Gasteiger partial charge on any atom is 0.223 e. The van der Waals surface area contributed by atoms with Gasteiger partial charge in [0, 0.05) is 5.92 Å². The second kappa shape index (κ2) is 4.24. The summed E-state index contributed by atoms with van der Waals surface area (Å²) in [6.45, 7) is 3.72. The van der Waals surface area contributed by atoms with Crippen LogP contribution in [-0.4, -0.2) is 5.91 Å². The highest BCUT2D eigenvalue weighted by Crippen LogP contribution is 2.32. The topological polar surface area (TPSA) is 29.1 Å². The van der Waals surface area contributed by atoms with E-state index in [1.807, 2.05) is 19.9 Å². The van der Waals surface area contributed by atoms with E-state index >= 15 is 0 Å². The van der Waals surface area contributed by atoms with Gasteiger partial charge in [-0.15, -0.1) is 0 Å². The molecule has 0 aromatic heterocycles. The lowest BCUT2D eigenvalue weighted by Crippen LogP contribution is -2.30. The van der Waals surface area contributed by atoms with Gasteiger partial charge in [-0.25, -0.2) is 4.39 Å². The number of benzene rings is 1. The zero-order valence-electron chi connectivity index (χ0n) is 9.59. The largest absolute Gasteiger partial charge is 0.349 e. The van der Waals surface area contributed by atoms with Crippen molar-refractivity contribution in [2.24, 2.45) is 5.92 Å². The summed E-state index contributed by atoms with van der Waals surface area (Å²) in [6, 6.07) is 5.07. The summed E-state index contributed by atoms with van der Waals surface area (Å²) < 4.78 is 13.4. The Balaban J connectivity index is 2.18. The molecule has 0 spiro atoms. The molecule has 1 aliphatic rings. The van der Waals surface area contributed by atoms with Crippen LogP contribution in [0.5, 0.6) is 0 Å². The Bertz CT molecular complexity index is 414. The minimum absolute atomic E-state index is 0.0133. The van der Waals surface area contributed by atoms with E-state index in [0.717, 1.165) is 17.5 Å². The Kier molecular flexibility index (Phi) is 2.95. The van der Waals surface area contributed by atoms with Gasteiger partial charge in [-0.3, -0.25) is 4.79 Å². The maximum atomic E-state index is 13.4. The number of fused-ring (bicyclic) bond motifs is 1. The Labute approximate surface area is 94.9 Å². The molecule has 1 aliphatic carbocycles. The van der Waals surface area contributed by atoms with Crippen molar-refractivity contribution in [2.45, 2.75) is 32.7 Å². The van der Waals surface area contributed by atoms with Gasteiger partial charge in [0.05, 0.1) is 6.04 Å². The SMILES string of the molecule is CC(C)C(=O)NC1CCc2c(F)cccc21. The first-order valence-electron chi connectivity index (χ1n) is 5.67. The van der Waals surface area contributed by atoms with E-state index in [1.165, 1.54) is 6.07 Å². The molecular formula is C13H16FNO. The van der Waals surface area contributed by atoms with Gasteiger partial charge in [0.25, 0.3) is 0 Å². The van der Waals surface area contributed by atoms with Crippen LogP contribution in [0, 0.1) is 11.7 Å². The number of carbonyl (C=O) groups excluding carboxylic acids is 1. The molecule has 1 atom stereocenters. The Morgan fingerprint density at radius 2 is 2.25 bits per heavy atom. The molecule has 0 aliphatic heterocycles. The van der Waals surface area contributed by atoms with E-state index in [0.29, 0.717) is 6.42 Å². The van der Waals surface area contributed by atoms with Gasteiger partial charge in [-0.1, -0.05) is 26.0 Å². The van der Waals surface area contributed by atoms with Crippen LogP contribution >= 0.6 is 0 Å². The van der Waals surface area contributed by atoms with Crippen molar-refractivity contribution >= 4 is 5.91 Å². The zero-order chi connectivity index (χ0) is 11.7. The van der Waals surface area contributed by atoms with Gasteiger partial charge in [0.15, 0.2) is 0 Å². The summed E-state index contributed by atoms with van der Waals surface area (Å²) in [5.74, 6) is -0.154. The molecule has 0 bridgehead atoms. The lowest BCUT2D eigenvalue weighted by molar-refractivity contribution is -0.124. The molecule has 0 saturated carbocycles. The number of hydrogen-bond donors (Lipinski definition) is 1. The summed E-state index contributed by atoms with van der Waals surface area (Å²) in [7, 11) is 0. The van der Waals surface area contributed by atoms with Crippen LogP contribution in [-0.2, 0) is 11.2 Å².